The average molecular weight is 412 g/mol. The summed E-state index contributed by atoms with van der Waals surface area (Å²) < 4.78 is 8.50. The van der Waals surface area contributed by atoms with Gasteiger partial charge in [-0.2, -0.15) is 0 Å². The molecule has 0 spiro atoms. The maximum absolute atomic E-state index is 6.50. The first kappa shape index (κ1) is 14.7. The Balaban J connectivity index is 1.58. The summed E-state index contributed by atoms with van der Waals surface area (Å²) in [5, 5.41) is 0. The number of halogens is 2. The number of ether oxygens (including phenoxy) is 1. The number of para-hydroxylation sites is 1. The van der Waals surface area contributed by atoms with Crippen LogP contribution < -0.4 is 4.74 Å². The van der Waals surface area contributed by atoms with E-state index in [0.717, 1.165) is 35.0 Å². The third kappa shape index (κ3) is 2.97. The molecule has 0 radical (unpaired) electrons. The fourth-order valence-electron chi connectivity index (χ4n) is 4.97. The zero-order valence-corrected chi connectivity index (χ0v) is 15.1. The molecule has 21 heavy (non-hydrogen) atoms. The quantitative estimate of drug-likeness (QED) is 0.638. The minimum absolute atomic E-state index is 0.415. The molecule has 4 heteroatoms. The summed E-state index contributed by atoms with van der Waals surface area (Å²) in [5.41, 5.74) is 1.08. The van der Waals surface area contributed by atoms with Gasteiger partial charge in [0.25, 0.3) is 0 Å². The van der Waals surface area contributed by atoms with E-state index in [1.807, 2.05) is 16.7 Å². The van der Waals surface area contributed by atoms with E-state index in [1.165, 1.54) is 32.1 Å². The predicted molar refractivity (Wildman–Crippen MR) is 84.8 cm³/mol. The second-order valence-electron chi connectivity index (χ2n) is 6.86. The number of rotatable bonds is 3. The molecule has 5 rings (SSSR count). The second kappa shape index (κ2) is 5.95. The van der Waals surface area contributed by atoms with E-state index in [-0.39, 0.29) is 0 Å². The fraction of sp³-hybridized carbons (Fsp3) is 0.588. The van der Waals surface area contributed by atoms with Gasteiger partial charge in [0.05, 0.1) is 0 Å². The molecular formula is C17H20Cl2ORu. The summed E-state index contributed by atoms with van der Waals surface area (Å²) in [4.78, 5) is 0. The van der Waals surface area contributed by atoms with Crippen molar-refractivity contribution in [2.75, 3.05) is 0 Å². The van der Waals surface area contributed by atoms with Gasteiger partial charge >= 0.3 is 140 Å². The molecule has 0 atom stereocenters. The van der Waals surface area contributed by atoms with Gasteiger partial charge in [-0.15, -0.1) is 0 Å². The van der Waals surface area contributed by atoms with Crippen LogP contribution in [0.4, 0.5) is 0 Å². The Morgan fingerprint density at radius 3 is 2.19 bits per heavy atom. The Kier molecular flexibility index (Phi) is 4.16. The Bertz CT molecular complexity index is 540. The first-order valence-electron chi connectivity index (χ1n) is 7.78. The van der Waals surface area contributed by atoms with Crippen LogP contribution in [0, 0.1) is 23.7 Å². The van der Waals surface area contributed by atoms with Crippen molar-refractivity contribution in [3.8, 4) is 5.75 Å². The molecule has 0 amide bonds. The van der Waals surface area contributed by atoms with E-state index in [1.54, 1.807) is 0 Å². The van der Waals surface area contributed by atoms with Crippen molar-refractivity contribution in [2.24, 2.45) is 23.7 Å². The van der Waals surface area contributed by atoms with Crippen LogP contribution in [0.1, 0.15) is 37.7 Å². The van der Waals surface area contributed by atoms with Gasteiger partial charge in [-0.25, -0.2) is 0 Å². The van der Waals surface area contributed by atoms with E-state index in [2.05, 4.69) is 12.1 Å². The van der Waals surface area contributed by atoms with Crippen LogP contribution in [0.15, 0.2) is 24.3 Å². The average Bonchev–Trinajstić information content (AvgIpc) is 2.43. The molecule has 0 aromatic heterocycles. The van der Waals surface area contributed by atoms with E-state index >= 15 is 0 Å². The van der Waals surface area contributed by atoms with Gasteiger partial charge in [-0.05, 0) is 0 Å². The van der Waals surface area contributed by atoms with Gasteiger partial charge in [0.1, 0.15) is 0 Å². The zero-order valence-electron chi connectivity index (χ0n) is 11.8. The molecule has 4 aliphatic carbocycles. The maximum atomic E-state index is 6.50. The first-order chi connectivity index (χ1) is 10.2. The van der Waals surface area contributed by atoms with E-state index in [0.29, 0.717) is 6.10 Å². The van der Waals surface area contributed by atoms with Gasteiger partial charge < -0.3 is 0 Å². The predicted octanol–water partition coefficient (Wildman–Crippen LogP) is 4.97. The fourth-order valence-corrected chi connectivity index (χ4v) is 6.78. The van der Waals surface area contributed by atoms with Crippen molar-refractivity contribution in [3.05, 3.63) is 29.8 Å². The van der Waals surface area contributed by atoms with Gasteiger partial charge in [0, 0.05) is 0 Å². The van der Waals surface area contributed by atoms with E-state index in [9.17, 15) is 0 Å². The van der Waals surface area contributed by atoms with Crippen molar-refractivity contribution in [1.82, 2.24) is 0 Å². The molecule has 4 bridgehead atoms. The van der Waals surface area contributed by atoms with Crippen molar-refractivity contribution in [1.29, 1.82) is 0 Å². The van der Waals surface area contributed by atoms with Crippen molar-refractivity contribution < 1.29 is 18.3 Å². The molecule has 0 heterocycles. The van der Waals surface area contributed by atoms with Gasteiger partial charge in [0.2, 0.25) is 0 Å². The molecule has 4 saturated carbocycles. The topological polar surface area (TPSA) is 9.23 Å². The summed E-state index contributed by atoms with van der Waals surface area (Å²) in [7, 11) is 12.1. The van der Waals surface area contributed by atoms with Gasteiger partial charge in [-0.3, -0.25) is 0 Å². The van der Waals surface area contributed by atoms with Crippen LogP contribution in [0.3, 0.4) is 0 Å². The monoisotopic (exact) mass is 412 g/mol. The van der Waals surface area contributed by atoms with E-state index < -0.39 is 13.5 Å². The Morgan fingerprint density at radius 2 is 1.57 bits per heavy atom. The second-order valence-corrected chi connectivity index (χ2v) is 12.6. The van der Waals surface area contributed by atoms with Crippen molar-refractivity contribution in [3.63, 3.8) is 0 Å². The molecule has 1 aromatic rings. The molecule has 4 aliphatic rings. The molecule has 116 valence electrons. The van der Waals surface area contributed by atoms with Crippen LogP contribution in [0.2, 0.25) is 0 Å². The van der Waals surface area contributed by atoms with Gasteiger partial charge in [-0.1, -0.05) is 0 Å². The molecule has 1 nitrogen and oxygen atoms in total. The Hall–Kier alpha value is 0.0934. The molecule has 0 unspecified atom stereocenters. The van der Waals surface area contributed by atoms with Crippen LogP contribution >= 0.6 is 19.4 Å². The molecule has 0 aliphatic heterocycles. The van der Waals surface area contributed by atoms with Crippen LogP contribution in [-0.4, -0.2) is 10.7 Å². The van der Waals surface area contributed by atoms with Crippen LogP contribution in [0.5, 0.6) is 5.75 Å². The van der Waals surface area contributed by atoms with Crippen LogP contribution in [0.25, 0.3) is 0 Å². The zero-order chi connectivity index (χ0) is 14.4. The van der Waals surface area contributed by atoms with Crippen molar-refractivity contribution in [2.45, 2.75) is 38.2 Å². The molecule has 0 saturated heterocycles. The minimum atomic E-state index is -1.81. The molecule has 1 aromatic carbocycles. The summed E-state index contributed by atoms with van der Waals surface area (Å²) in [6.07, 6.45) is 7.42. The third-order valence-corrected chi connectivity index (χ3v) is 7.34. The number of hydrogen-bond acceptors (Lipinski definition) is 1. The van der Waals surface area contributed by atoms with Gasteiger partial charge in [0.15, 0.2) is 0 Å². The molecule has 4 fully saturated rings. The first-order valence-corrected chi connectivity index (χ1v) is 13.3. The Morgan fingerprint density at radius 1 is 0.952 bits per heavy atom. The summed E-state index contributed by atoms with van der Waals surface area (Å²) in [6.45, 7) is 0. The van der Waals surface area contributed by atoms with Crippen LogP contribution in [-0.2, 0) is 13.5 Å². The normalized spacial score (nSPS) is 37.4. The Labute approximate surface area is 139 Å². The molecule has 0 N–H and O–H groups in total. The summed E-state index contributed by atoms with van der Waals surface area (Å²) in [5.74, 6) is 4.49. The summed E-state index contributed by atoms with van der Waals surface area (Å²) >= 11 is -1.81. The molecular weight excluding hydrogens is 392 g/mol. The summed E-state index contributed by atoms with van der Waals surface area (Å²) in [6, 6.07) is 8.21. The third-order valence-electron chi connectivity index (χ3n) is 5.51. The number of hydrogen-bond donors (Lipinski definition) is 0. The SMILES string of the molecule is [Cl][Ru]([Cl])=[CH]c1ccccc1OC1C2CC3CC(C2)CC1C3. The standard InChI is InChI=1S/C17H20O.2ClH.Ru/c1-11-4-2-3-5-16(11)18-17-14-7-12-6-13(9-14)10-15(17)8-12;;;/h1-5,12-15,17H,6-10H2;2*1H;/q;;;+2/p-2. The number of benzene rings is 1. The van der Waals surface area contributed by atoms with E-state index in [4.69, 9.17) is 24.1 Å². The van der Waals surface area contributed by atoms with Crippen molar-refractivity contribution >= 4 is 24.0 Å².